The number of rotatable bonds is 6. The predicted molar refractivity (Wildman–Crippen MR) is 87.2 cm³/mol. The SMILES string of the molecule is CCCNC(c1ncc(C)cn1)c1c(Br)cnn1C(C)C. The summed E-state index contributed by atoms with van der Waals surface area (Å²) in [5, 5.41) is 7.99. The summed E-state index contributed by atoms with van der Waals surface area (Å²) in [5.74, 6) is 0.775. The number of aryl methyl sites for hydroxylation is 1. The number of hydrogen-bond acceptors (Lipinski definition) is 4. The van der Waals surface area contributed by atoms with Gasteiger partial charge in [0.05, 0.1) is 16.4 Å². The third-order valence-electron chi connectivity index (χ3n) is 3.21. The van der Waals surface area contributed by atoms with Gasteiger partial charge in [-0.3, -0.25) is 4.68 Å². The molecule has 5 nitrogen and oxygen atoms in total. The first-order chi connectivity index (χ1) is 10.0. The maximum atomic E-state index is 4.49. The van der Waals surface area contributed by atoms with Gasteiger partial charge in [-0.15, -0.1) is 0 Å². The summed E-state index contributed by atoms with van der Waals surface area (Å²) in [6, 6.07) is 0.215. The molecule has 0 saturated carbocycles. The van der Waals surface area contributed by atoms with Crippen LogP contribution in [0.25, 0.3) is 0 Å². The summed E-state index contributed by atoms with van der Waals surface area (Å²) in [6.07, 6.45) is 6.60. The minimum Gasteiger partial charge on any atom is -0.302 e. The van der Waals surface area contributed by atoms with E-state index in [1.54, 1.807) is 0 Å². The van der Waals surface area contributed by atoms with E-state index in [0.717, 1.165) is 34.5 Å². The summed E-state index contributed by atoms with van der Waals surface area (Å²) in [7, 11) is 0. The standard InChI is InChI=1S/C15H22BrN5/c1-5-6-17-13(15-18-7-11(4)8-19-15)14-12(16)9-20-21(14)10(2)3/h7-10,13,17H,5-6H2,1-4H3. The number of aromatic nitrogens is 4. The zero-order chi connectivity index (χ0) is 15.4. The van der Waals surface area contributed by atoms with Crippen molar-refractivity contribution in [1.29, 1.82) is 0 Å². The van der Waals surface area contributed by atoms with Gasteiger partial charge in [-0.1, -0.05) is 6.92 Å². The van der Waals surface area contributed by atoms with Gasteiger partial charge < -0.3 is 5.32 Å². The van der Waals surface area contributed by atoms with Crippen LogP contribution in [0.15, 0.2) is 23.1 Å². The fraction of sp³-hybridized carbons (Fsp3) is 0.533. The minimum absolute atomic E-state index is 0.0650. The summed E-state index contributed by atoms with van der Waals surface area (Å²) < 4.78 is 3.00. The van der Waals surface area contributed by atoms with Gasteiger partial charge in [0.2, 0.25) is 0 Å². The normalized spacial score (nSPS) is 12.9. The lowest BCUT2D eigenvalue weighted by Gasteiger charge is -2.21. The maximum Gasteiger partial charge on any atom is 0.151 e. The second-order valence-corrected chi connectivity index (χ2v) is 6.28. The van der Waals surface area contributed by atoms with Crippen LogP contribution >= 0.6 is 15.9 Å². The first-order valence-corrected chi connectivity index (χ1v) is 8.08. The number of nitrogens with one attached hydrogen (secondary N) is 1. The Balaban J connectivity index is 2.45. The van der Waals surface area contributed by atoms with E-state index in [9.17, 15) is 0 Å². The van der Waals surface area contributed by atoms with Crippen molar-refractivity contribution in [2.45, 2.75) is 46.2 Å². The van der Waals surface area contributed by atoms with E-state index in [1.165, 1.54) is 0 Å². The van der Waals surface area contributed by atoms with E-state index >= 15 is 0 Å². The van der Waals surface area contributed by atoms with Crippen LogP contribution in [0, 0.1) is 6.92 Å². The minimum atomic E-state index is -0.0650. The van der Waals surface area contributed by atoms with Gasteiger partial charge in [-0.05, 0) is 55.2 Å². The van der Waals surface area contributed by atoms with Crippen LogP contribution in [0.1, 0.15) is 56.4 Å². The predicted octanol–water partition coefficient (Wildman–Crippen LogP) is 3.41. The van der Waals surface area contributed by atoms with E-state index in [2.05, 4.69) is 57.1 Å². The molecule has 0 amide bonds. The highest BCUT2D eigenvalue weighted by atomic mass is 79.9. The molecule has 0 fully saturated rings. The Labute approximate surface area is 134 Å². The van der Waals surface area contributed by atoms with Gasteiger partial charge in [-0.2, -0.15) is 5.10 Å². The third-order valence-corrected chi connectivity index (χ3v) is 3.82. The van der Waals surface area contributed by atoms with Crippen LogP contribution in [0.3, 0.4) is 0 Å². The van der Waals surface area contributed by atoms with Crippen molar-refractivity contribution >= 4 is 15.9 Å². The van der Waals surface area contributed by atoms with E-state index in [-0.39, 0.29) is 12.1 Å². The fourth-order valence-electron chi connectivity index (χ4n) is 2.18. The second kappa shape index (κ2) is 7.13. The topological polar surface area (TPSA) is 55.6 Å². The molecule has 21 heavy (non-hydrogen) atoms. The largest absolute Gasteiger partial charge is 0.302 e. The Morgan fingerprint density at radius 1 is 1.24 bits per heavy atom. The molecule has 2 rings (SSSR count). The zero-order valence-electron chi connectivity index (χ0n) is 13.0. The van der Waals surface area contributed by atoms with Crippen LogP contribution in [0.2, 0.25) is 0 Å². The van der Waals surface area contributed by atoms with Gasteiger partial charge in [0, 0.05) is 18.4 Å². The Kier molecular flexibility index (Phi) is 5.47. The molecular formula is C15H22BrN5. The highest BCUT2D eigenvalue weighted by Gasteiger charge is 2.24. The van der Waals surface area contributed by atoms with Crippen LogP contribution in [-0.4, -0.2) is 26.3 Å². The molecule has 2 aromatic rings. The summed E-state index contributed by atoms with van der Waals surface area (Å²) in [4.78, 5) is 8.99. The molecule has 2 heterocycles. The summed E-state index contributed by atoms with van der Waals surface area (Å²) in [6.45, 7) is 9.28. The first-order valence-electron chi connectivity index (χ1n) is 7.29. The Bertz CT molecular complexity index is 576. The first kappa shape index (κ1) is 16.1. The lowest BCUT2D eigenvalue weighted by atomic mass is 10.1. The molecule has 0 spiro atoms. The number of nitrogens with zero attached hydrogens (tertiary/aromatic N) is 4. The molecule has 0 saturated heterocycles. The molecule has 0 bridgehead atoms. The molecule has 0 radical (unpaired) electrons. The van der Waals surface area contributed by atoms with Gasteiger partial charge in [0.1, 0.15) is 6.04 Å². The van der Waals surface area contributed by atoms with Crippen LogP contribution < -0.4 is 5.32 Å². The lowest BCUT2D eigenvalue weighted by molar-refractivity contribution is 0.462. The van der Waals surface area contributed by atoms with E-state index in [1.807, 2.05) is 30.2 Å². The maximum absolute atomic E-state index is 4.49. The molecule has 0 aliphatic rings. The third kappa shape index (κ3) is 3.68. The molecular weight excluding hydrogens is 330 g/mol. The summed E-state index contributed by atoms with van der Waals surface area (Å²) >= 11 is 3.61. The van der Waals surface area contributed by atoms with Crippen molar-refractivity contribution < 1.29 is 0 Å². The highest BCUT2D eigenvalue weighted by molar-refractivity contribution is 9.10. The van der Waals surface area contributed by atoms with Crippen molar-refractivity contribution in [3.63, 3.8) is 0 Å². The van der Waals surface area contributed by atoms with Crippen LogP contribution in [0.5, 0.6) is 0 Å². The summed E-state index contributed by atoms with van der Waals surface area (Å²) in [5.41, 5.74) is 2.13. The van der Waals surface area contributed by atoms with Crippen LogP contribution in [0.4, 0.5) is 0 Å². The molecule has 0 aliphatic carbocycles. The van der Waals surface area contributed by atoms with E-state index in [0.29, 0.717) is 0 Å². The molecule has 0 aliphatic heterocycles. The van der Waals surface area contributed by atoms with E-state index in [4.69, 9.17) is 0 Å². The highest BCUT2D eigenvalue weighted by Crippen LogP contribution is 2.29. The van der Waals surface area contributed by atoms with Crippen molar-refractivity contribution in [2.24, 2.45) is 0 Å². The zero-order valence-corrected chi connectivity index (χ0v) is 14.6. The quantitative estimate of drug-likeness (QED) is 0.866. The van der Waals surface area contributed by atoms with E-state index < -0.39 is 0 Å². The average Bonchev–Trinajstić information content (AvgIpc) is 2.83. The molecule has 1 unspecified atom stereocenters. The number of hydrogen-bond donors (Lipinski definition) is 1. The molecule has 114 valence electrons. The molecule has 0 aromatic carbocycles. The van der Waals surface area contributed by atoms with Gasteiger partial charge in [-0.25, -0.2) is 9.97 Å². The molecule has 2 aromatic heterocycles. The molecule has 1 atom stereocenters. The molecule has 1 N–H and O–H groups in total. The smallest absolute Gasteiger partial charge is 0.151 e. The van der Waals surface area contributed by atoms with Crippen molar-refractivity contribution in [3.8, 4) is 0 Å². The average molecular weight is 352 g/mol. The van der Waals surface area contributed by atoms with Gasteiger partial charge in [0.15, 0.2) is 5.82 Å². The molecule has 6 heteroatoms. The number of halogens is 1. The van der Waals surface area contributed by atoms with Gasteiger partial charge in [0.25, 0.3) is 0 Å². The monoisotopic (exact) mass is 351 g/mol. The van der Waals surface area contributed by atoms with Gasteiger partial charge >= 0.3 is 0 Å². The van der Waals surface area contributed by atoms with Crippen molar-refractivity contribution in [1.82, 2.24) is 25.1 Å². The fourth-order valence-corrected chi connectivity index (χ4v) is 2.69. The Morgan fingerprint density at radius 2 is 1.90 bits per heavy atom. The van der Waals surface area contributed by atoms with Crippen molar-refractivity contribution in [3.05, 3.63) is 40.1 Å². The lowest BCUT2D eigenvalue weighted by Crippen LogP contribution is -2.28. The Hall–Kier alpha value is -1.27. The van der Waals surface area contributed by atoms with Crippen LogP contribution in [-0.2, 0) is 0 Å². The second-order valence-electron chi connectivity index (χ2n) is 5.42. The Morgan fingerprint density at radius 3 is 2.48 bits per heavy atom. The van der Waals surface area contributed by atoms with Crippen molar-refractivity contribution in [2.75, 3.05) is 6.54 Å².